The van der Waals surface area contributed by atoms with Crippen LogP contribution in [0.1, 0.15) is 59.9 Å². The average molecular weight is 456 g/mol. The fourth-order valence-corrected chi connectivity index (χ4v) is 3.39. The first-order chi connectivity index (χ1) is 14.8. The molecule has 184 valence electrons. The van der Waals surface area contributed by atoms with Gasteiger partial charge in [-0.2, -0.15) is 0 Å². The second kappa shape index (κ2) is 14.8. The summed E-state index contributed by atoms with van der Waals surface area (Å²) in [5.74, 6) is -2.85. The summed E-state index contributed by atoms with van der Waals surface area (Å²) in [6, 6.07) is 8.28. The molecule has 0 bridgehead atoms. The molecule has 0 saturated carbocycles. The first-order valence-electron chi connectivity index (χ1n) is 10.9. The molecule has 8 nitrogen and oxygen atoms in total. The number of aliphatic hydroxyl groups excluding tert-OH is 1. The molecule has 1 atom stereocenters. The Morgan fingerprint density at radius 2 is 1.59 bits per heavy atom. The fraction of sp³-hybridized carbons (Fsp3) is 0.667. The van der Waals surface area contributed by atoms with Crippen molar-refractivity contribution in [2.24, 2.45) is 5.41 Å². The molecule has 0 spiro atoms. The molecule has 4 N–H and O–H groups in total. The Kier molecular flexibility index (Phi) is 13.8. The molecule has 0 heterocycles. The zero-order valence-corrected chi connectivity index (χ0v) is 20.3. The fourth-order valence-electron chi connectivity index (χ4n) is 3.39. The lowest BCUT2D eigenvalue weighted by atomic mass is 9.72. The molecule has 1 aromatic rings. The number of carboxylic acids is 2. The third kappa shape index (κ3) is 14.8. The summed E-state index contributed by atoms with van der Waals surface area (Å²) in [7, 11) is 0. The Bertz CT molecular complexity index is 654. The van der Waals surface area contributed by atoms with Crippen molar-refractivity contribution in [3.63, 3.8) is 0 Å². The predicted octanol–water partition coefficient (Wildman–Crippen LogP) is 3.31. The molecule has 0 aliphatic rings. The van der Waals surface area contributed by atoms with Crippen LogP contribution in [0.15, 0.2) is 24.3 Å². The third-order valence-corrected chi connectivity index (χ3v) is 4.46. The molecule has 0 saturated heterocycles. The zero-order valence-electron chi connectivity index (χ0n) is 20.3. The van der Waals surface area contributed by atoms with Crippen LogP contribution in [0.5, 0.6) is 5.75 Å². The monoisotopic (exact) mass is 455 g/mol. The van der Waals surface area contributed by atoms with Crippen LogP contribution in [0.4, 0.5) is 0 Å². The van der Waals surface area contributed by atoms with Crippen LogP contribution < -0.4 is 10.1 Å². The topological polar surface area (TPSA) is 125 Å². The van der Waals surface area contributed by atoms with Crippen molar-refractivity contribution in [1.29, 1.82) is 0 Å². The van der Waals surface area contributed by atoms with E-state index in [0.29, 0.717) is 18.6 Å². The number of aliphatic carboxylic acids is 2. The normalized spacial score (nSPS) is 12.5. The summed E-state index contributed by atoms with van der Waals surface area (Å²) in [4.78, 5) is 18.2. The van der Waals surface area contributed by atoms with E-state index in [2.05, 4.69) is 52.1 Å². The molecule has 0 amide bonds. The van der Waals surface area contributed by atoms with E-state index in [-0.39, 0.29) is 5.41 Å². The predicted molar refractivity (Wildman–Crippen MR) is 124 cm³/mol. The number of carbonyl (C=O) groups is 2. The standard InChI is InChI=1S/C22H39NO3.C2H2O4/c1-7-25-14-8-13-23-15-19(24)16-26-20-11-9-18(10-12-20)22(5,6)17-21(2,3)4;3-1(4)2(5)6/h9-12,19,23-24H,7-8,13-17H2,1-6H3;(H,3,4)(H,5,6). The molecular weight excluding hydrogens is 414 g/mol. The van der Waals surface area contributed by atoms with E-state index < -0.39 is 18.0 Å². The van der Waals surface area contributed by atoms with Crippen LogP contribution in [0, 0.1) is 5.41 Å². The van der Waals surface area contributed by atoms with Gasteiger partial charge in [-0.1, -0.05) is 46.8 Å². The van der Waals surface area contributed by atoms with Gasteiger partial charge in [-0.25, -0.2) is 9.59 Å². The van der Waals surface area contributed by atoms with Crippen molar-refractivity contribution in [2.75, 3.05) is 32.9 Å². The first kappa shape index (κ1) is 29.8. The molecular formula is C24H41NO7. The third-order valence-electron chi connectivity index (χ3n) is 4.46. The molecule has 0 aliphatic carbocycles. The summed E-state index contributed by atoms with van der Waals surface area (Å²) in [6.45, 7) is 16.6. The molecule has 1 unspecified atom stereocenters. The molecule has 1 aromatic carbocycles. The number of carboxylic acid groups (broad SMARTS) is 2. The highest BCUT2D eigenvalue weighted by Gasteiger charge is 2.27. The molecule has 32 heavy (non-hydrogen) atoms. The molecule has 0 aromatic heterocycles. The highest BCUT2D eigenvalue weighted by Crippen LogP contribution is 2.36. The average Bonchev–Trinajstić information content (AvgIpc) is 2.68. The quantitative estimate of drug-likeness (QED) is 0.279. The Morgan fingerprint density at radius 1 is 1.03 bits per heavy atom. The lowest BCUT2D eigenvalue weighted by Crippen LogP contribution is -2.32. The van der Waals surface area contributed by atoms with Gasteiger partial charge in [0.25, 0.3) is 0 Å². The van der Waals surface area contributed by atoms with Crippen LogP contribution in [-0.2, 0) is 19.7 Å². The maximum Gasteiger partial charge on any atom is 0.414 e. The molecule has 0 radical (unpaired) electrons. The van der Waals surface area contributed by atoms with E-state index in [4.69, 9.17) is 29.3 Å². The van der Waals surface area contributed by atoms with E-state index in [1.807, 2.05) is 19.1 Å². The summed E-state index contributed by atoms with van der Waals surface area (Å²) < 4.78 is 11.0. The van der Waals surface area contributed by atoms with Crippen molar-refractivity contribution >= 4 is 11.9 Å². The smallest absolute Gasteiger partial charge is 0.414 e. The van der Waals surface area contributed by atoms with Gasteiger partial charge in [0.2, 0.25) is 0 Å². The van der Waals surface area contributed by atoms with Crippen LogP contribution in [0.25, 0.3) is 0 Å². The minimum absolute atomic E-state index is 0.127. The van der Waals surface area contributed by atoms with Crippen molar-refractivity contribution < 1.29 is 34.4 Å². The van der Waals surface area contributed by atoms with E-state index in [1.165, 1.54) is 5.56 Å². The maximum absolute atomic E-state index is 10.0. The number of aliphatic hydroxyl groups is 1. The number of nitrogens with one attached hydrogen (secondary N) is 1. The lowest BCUT2D eigenvalue weighted by molar-refractivity contribution is -0.159. The van der Waals surface area contributed by atoms with Gasteiger partial charge >= 0.3 is 11.9 Å². The largest absolute Gasteiger partial charge is 0.491 e. The van der Waals surface area contributed by atoms with Gasteiger partial charge in [-0.15, -0.1) is 0 Å². The van der Waals surface area contributed by atoms with Crippen LogP contribution >= 0.6 is 0 Å². The minimum atomic E-state index is -1.82. The number of ether oxygens (including phenoxy) is 2. The van der Waals surface area contributed by atoms with Gasteiger partial charge in [0.15, 0.2) is 0 Å². The summed E-state index contributed by atoms with van der Waals surface area (Å²) in [5, 5.41) is 28.0. The minimum Gasteiger partial charge on any atom is -0.491 e. The van der Waals surface area contributed by atoms with Gasteiger partial charge in [-0.05, 0) is 54.8 Å². The SMILES string of the molecule is CCOCCCNCC(O)COc1ccc(C(C)(C)CC(C)(C)C)cc1.O=C(O)C(=O)O. The van der Waals surface area contributed by atoms with Crippen LogP contribution in [0.3, 0.4) is 0 Å². The molecule has 8 heteroatoms. The van der Waals surface area contributed by atoms with Gasteiger partial charge in [-0.3, -0.25) is 0 Å². The summed E-state index contributed by atoms with van der Waals surface area (Å²) in [6.07, 6.45) is 1.56. The number of benzene rings is 1. The van der Waals surface area contributed by atoms with E-state index in [9.17, 15) is 5.11 Å². The summed E-state index contributed by atoms with van der Waals surface area (Å²) in [5.41, 5.74) is 1.73. The van der Waals surface area contributed by atoms with Gasteiger partial charge in [0.1, 0.15) is 18.5 Å². The lowest BCUT2D eigenvalue weighted by Gasteiger charge is -2.33. The van der Waals surface area contributed by atoms with Crippen molar-refractivity contribution in [3.8, 4) is 5.75 Å². The zero-order chi connectivity index (χ0) is 24.8. The van der Waals surface area contributed by atoms with E-state index in [0.717, 1.165) is 38.3 Å². The van der Waals surface area contributed by atoms with E-state index >= 15 is 0 Å². The number of hydrogen-bond donors (Lipinski definition) is 4. The van der Waals surface area contributed by atoms with Crippen LogP contribution in [-0.4, -0.2) is 66.3 Å². The number of hydrogen-bond acceptors (Lipinski definition) is 6. The van der Waals surface area contributed by atoms with Gasteiger partial charge in [0.05, 0.1) is 0 Å². The van der Waals surface area contributed by atoms with E-state index in [1.54, 1.807) is 0 Å². The molecule has 0 aliphatic heterocycles. The Morgan fingerprint density at radius 3 is 2.06 bits per heavy atom. The number of rotatable bonds is 12. The van der Waals surface area contributed by atoms with Crippen molar-refractivity contribution in [3.05, 3.63) is 29.8 Å². The maximum atomic E-state index is 10.0. The Hall–Kier alpha value is -2.16. The second-order valence-corrected chi connectivity index (χ2v) is 9.48. The second-order valence-electron chi connectivity index (χ2n) is 9.48. The highest BCUT2D eigenvalue weighted by molar-refractivity contribution is 6.27. The molecule has 1 rings (SSSR count). The van der Waals surface area contributed by atoms with Crippen molar-refractivity contribution in [1.82, 2.24) is 5.32 Å². The highest BCUT2D eigenvalue weighted by atomic mass is 16.5. The van der Waals surface area contributed by atoms with Gasteiger partial charge in [0, 0.05) is 19.8 Å². The van der Waals surface area contributed by atoms with Crippen LogP contribution in [0.2, 0.25) is 0 Å². The summed E-state index contributed by atoms with van der Waals surface area (Å²) >= 11 is 0. The molecule has 0 fully saturated rings. The Labute approximate surface area is 191 Å². The van der Waals surface area contributed by atoms with Gasteiger partial charge < -0.3 is 30.1 Å². The Balaban J connectivity index is 0.00000140. The van der Waals surface area contributed by atoms with Crippen molar-refractivity contribution in [2.45, 2.75) is 65.9 Å². The first-order valence-corrected chi connectivity index (χ1v) is 10.9.